The van der Waals surface area contributed by atoms with Gasteiger partial charge in [0, 0.05) is 10.1 Å². The van der Waals surface area contributed by atoms with Crippen LogP contribution in [-0.4, -0.2) is 22.2 Å². The molecule has 6 heteroatoms. The highest BCUT2D eigenvalue weighted by Crippen LogP contribution is 2.38. The van der Waals surface area contributed by atoms with Crippen molar-refractivity contribution < 1.29 is 19.1 Å². The first kappa shape index (κ1) is 15.7. The first-order chi connectivity index (χ1) is 11.1. The fourth-order valence-corrected chi connectivity index (χ4v) is 3.95. The minimum absolute atomic E-state index is 0.0110. The molecule has 2 aromatic rings. The van der Waals surface area contributed by atoms with Crippen molar-refractivity contribution in [3.05, 3.63) is 47.9 Å². The lowest BCUT2D eigenvalue weighted by atomic mass is 10.3. The fourth-order valence-electron chi connectivity index (χ4n) is 2.62. The number of thioether (sulfide) groups is 1. The first-order valence-corrected chi connectivity index (χ1v) is 8.41. The number of furan rings is 1. The summed E-state index contributed by atoms with van der Waals surface area (Å²) in [7, 11) is 0. The summed E-state index contributed by atoms with van der Waals surface area (Å²) in [4.78, 5) is 24.1. The lowest BCUT2D eigenvalue weighted by Gasteiger charge is -2.13. The average molecular weight is 331 g/mol. The number of hydrogen-bond acceptors (Lipinski definition) is 4. The summed E-state index contributed by atoms with van der Waals surface area (Å²) in [6.45, 7) is 0. The van der Waals surface area contributed by atoms with E-state index >= 15 is 0 Å². The third-order valence-electron chi connectivity index (χ3n) is 3.77. The van der Waals surface area contributed by atoms with E-state index in [9.17, 15) is 9.59 Å². The van der Waals surface area contributed by atoms with Gasteiger partial charge >= 0.3 is 5.97 Å². The van der Waals surface area contributed by atoms with Gasteiger partial charge in [0.1, 0.15) is 0 Å². The van der Waals surface area contributed by atoms with Crippen LogP contribution in [0.4, 0.5) is 5.69 Å². The van der Waals surface area contributed by atoms with E-state index < -0.39 is 11.9 Å². The number of nitrogens with one attached hydrogen (secondary N) is 1. The smallest absolute Gasteiger partial charge is 0.371 e. The molecule has 1 heterocycles. The topological polar surface area (TPSA) is 79.5 Å². The van der Waals surface area contributed by atoms with E-state index in [2.05, 4.69) is 5.32 Å². The van der Waals surface area contributed by atoms with Gasteiger partial charge in [-0.1, -0.05) is 25.0 Å². The van der Waals surface area contributed by atoms with E-state index in [0.717, 1.165) is 10.6 Å². The molecule has 0 bridgehead atoms. The number of carbonyl (C=O) groups excluding carboxylic acids is 1. The maximum Gasteiger partial charge on any atom is 0.371 e. The van der Waals surface area contributed by atoms with Gasteiger partial charge in [-0.15, -0.1) is 11.8 Å². The Morgan fingerprint density at radius 1 is 1.09 bits per heavy atom. The van der Waals surface area contributed by atoms with Crippen LogP contribution >= 0.6 is 11.8 Å². The Labute approximate surface area is 138 Å². The van der Waals surface area contributed by atoms with Crippen LogP contribution in [0.2, 0.25) is 0 Å². The maximum absolute atomic E-state index is 12.2. The van der Waals surface area contributed by atoms with Gasteiger partial charge in [-0.25, -0.2) is 4.79 Å². The Hall–Kier alpha value is -2.21. The molecular weight excluding hydrogens is 314 g/mol. The van der Waals surface area contributed by atoms with Gasteiger partial charge in [-0.3, -0.25) is 4.79 Å². The van der Waals surface area contributed by atoms with Crippen molar-refractivity contribution in [1.29, 1.82) is 0 Å². The quantitative estimate of drug-likeness (QED) is 0.855. The summed E-state index contributed by atoms with van der Waals surface area (Å²) < 4.78 is 5.03. The van der Waals surface area contributed by atoms with E-state index in [0.29, 0.717) is 5.25 Å². The van der Waals surface area contributed by atoms with Crippen molar-refractivity contribution in [3.8, 4) is 0 Å². The highest BCUT2D eigenvalue weighted by Gasteiger charge is 2.19. The van der Waals surface area contributed by atoms with Crippen LogP contribution in [0.25, 0.3) is 0 Å². The Kier molecular flexibility index (Phi) is 4.71. The number of carboxylic acid groups (broad SMARTS) is 1. The van der Waals surface area contributed by atoms with E-state index in [1.807, 2.05) is 24.3 Å². The second-order valence-electron chi connectivity index (χ2n) is 5.44. The highest BCUT2D eigenvalue weighted by molar-refractivity contribution is 8.00. The molecule has 120 valence electrons. The summed E-state index contributed by atoms with van der Waals surface area (Å²) >= 11 is 1.79. The fraction of sp³-hybridized carbons (Fsp3) is 0.294. The largest absolute Gasteiger partial charge is 0.475 e. The SMILES string of the molecule is O=C(O)c1ccc(C(=O)Nc2ccccc2SC2CCCC2)o1. The van der Waals surface area contributed by atoms with Crippen molar-refractivity contribution in [3.63, 3.8) is 0 Å². The van der Waals surface area contributed by atoms with Gasteiger partial charge in [0.05, 0.1) is 5.69 Å². The molecule has 3 rings (SSSR count). The third kappa shape index (κ3) is 3.76. The van der Waals surface area contributed by atoms with Crippen molar-refractivity contribution in [2.24, 2.45) is 0 Å². The van der Waals surface area contributed by atoms with Gasteiger partial charge in [0.25, 0.3) is 5.91 Å². The second kappa shape index (κ2) is 6.91. The first-order valence-electron chi connectivity index (χ1n) is 7.53. The molecule has 0 radical (unpaired) electrons. The van der Waals surface area contributed by atoms with Crippen molar-refractivity contribution >= 4 is 29.3 Å². The molecule has 5 nitrogen and oxygen atoms in total. The summed E-state index contributed by atoms with van der Waals surface area (Å²) in [6, 6.07) is 10.3. The van der Waals surface area contributed by atoms with Crippen LogP contribution in [-0.2, 0) is 0 Å². The molecule has 0 unspecified atom stereocenters. The molecule has 1 fully saturated rings. The van der Waals surface area contributed by atoms with Gasteiger partial charge in [0.15, 0.2) is 5.76 Å². The van der Waals surface area contributed by atoms with Gasteiger partial charge in [-0.2, -0.15) is 0 Å². The molecule has 2 N–H and O–H groups in total. The molecule has 1 aliphatic rings. The second-order valence-corrected chi connectivity index (χ2v) is 6.79. The van der Waals surface area contributed by atoms with Gasteiger partial charge in [0.2, 0.25) is 5.76 Å². The summed E-state index contributed by atoms with van der Waals surface area (Å²) in [5.74, 6) is -1.90. The number of hydrogen-bond donors (Lipinski definition) is 2. The monoisotopic (exact) mass is 331 g/mol. The number of amides is 1. The highest BCUT2D eigenvalue weighted by atomic mass is 32.2. The van der Waals surface area contributed by atoms with Crippen LogP contribution < -0.4 is 5.32 Å². The maximum atomic E-state index is 12.2. The number of aromatic carboxylic acids is 1. The van der Waals surface area contributed by atoms with E-state index in [1.165, 1.54) is 37.8 Å². The molecule has 0 saturated heterocycles. The van der Waals surface area contributed by atoms with Gasteiger partial charge in [-0.05, 0) is 37.1 Å². The number of anilines is 1. The van der Waals surface area contributed by atoms with Crippen LogP contribution in [0, 0.1) is 0 Å². The van der Waals surface area contributed by atoms with E-state index in [4.69, 9.17) is 9.52 Å². The number of para-hydroxylation sites is 1. The minimum atomic E-state index is -1.19. The molecule has 1 amide bonds. The number of carboxylic acids is 1. The molecule has 1 saturated carbocycles. The summed E-state index contributed by atoms with van der Waals surface area (Å²) in [5.41, 5.74) is 0.725. The van der Waals surface area contributed by atoms with Crippen molar-refractivity contribution in [2.75, 3.05) is 5.32 Å². The predicted octanol–water partition coefficient (Wildman–Crippen LogP) is 4.26. The molecular formula is C17H17NO4S. The molecule has 23 heavy (non-hydrogen) atoms. The zero-order valence-corrected chi connectivity index (χ0v) is 13.3. The molecule has 0 spiro atoms. The Morgan fingerprint density at radius 3 is 2.48 bits per heavy atom. The molecule has 0 aliphatic heterocycles. The number of rotatable bonds is 5. The van der Waals surface area contributed by atoms with E-state index in [1.54, 1.807) is 11.8 Å². The van der Waals surface area contributed by atoms with Crippen LogP contribution in [0.3, 0.4) is 0 Å². The zero-order chi connectivity index (χ0) is 16.2. The number of benzene rings is 1. The lowest BCUT2D eigenvalue weighted by Crippen LogP contribution is -2.12. The normalized spacial score (nSPS) is 14.8. The Bertz CT molecular complexity index is 719. The Morgan fingerprint density at radius 2 is 1.78 bits per heavy atom. The van der Waals surface area contributed by atoms with Crippen molar-refractivity contribution in [1.82, 2.24) is 0 Å². The van der Waals surface area contributed by atoms with Crippen LogP contribution in [0.5, 0.6) is 0 Å². The standard InChI is InChI=1S/C17H17NO4S/c19-16(13-9-10-14(22-13)17(20)21)18-12-7-3-4-8-15(12)23-11-5-1-2-6-11/h3-4,7-11H,1-2,5-6H2,(H,18,19)(H,20,21). The lowest BCUT2D eigenvalue weighted by molar-refractivity contribution is 0.0660. The molecule has 0 atom stereocenters. The number of carbonyl (C=O) groups is 2. The summed E-state index contributed by atoms with van der Waals surface area (Å²) in [6.07, 6.45) is 4.92. The molecule has 1 aliphatic carbocycles. The molecule has 1 aromatic heterocycles. The minimum Gasteiger partial charge on any atom is -0.475 e. The third-order valence-corrected chi connectivity index (χ3v) is 5.19. The van der Waals surface area contributed by atoms with Crippen molar-refractivity contribution in [2.45, 2.75) is 35.8 Å². The predicted molar refractivity (Wildman–Crippen MR) is 88.2 cm³/mol. The van der Waals surface area contributed by atoms with Crippen LogP contribution in [0.1, 0.15) is 46.8 Å². The zero-order valence-electron chi connectivity index (χ0n) is 12.5. The summed E-state index contributed by atoms with van der Waals surface area (Å²) in [5, 5.41) is 12.2. The molecule has 1 aromatic carbocycles. The average Bonchev–Trinajstić information content (AvgIpc) is 3.20. The Balaban J connectivity index is 1.73. The van der Waals surface area contributed by atoms with E-state index in [-0.39, 0.29) is 11.5 Å². The van der Waals surface area contributed by atoms with Gasteiger partial charge < -0.3 is 14.8 Å². The van der Waals surface area contributed by atoms with Crippen LogP contribution in [0.15, 0.2) is 45.7 Å².